The molecule has 0 saturated heterocycles. The molecule has 1 nitrogen and oxygen atoms in total. The average Bonchev–Trinajstić information content (AvgIpc) is 1.87. The molecule has 0 heterocycles. The van der Waals surface area contributed by atoms with E-state index in [-0.39, 0.29) is 4.70 Å². The fourth-order valence-electron chi connectivity index (χ4n) is 0.612. The van der Waals surface area contributed by atoms with Crippen LogP contribution in [-0.2, 0) is 14.1 Å². The predicted octanol–water partition coefficient (Wildman–Crippen LogP) is -1.45. The standard InChI is InChI=1S/C6H15OS.FH/c1-4-8(7,5-2)6-3;/h4-6H2,1-3H3;1H/q+1;/p-1. The minimum atomic E-state index is -1.40. The van der Waals surface area contributed by atoms with Gasteiger partial charge in [0.15, 0.2) is 0 Å². The van der Waals surface area contributed by atoms with Gasteiger partial charge in [-0.05, 0) is 20.8 Å². The lowest BCUT2D eigenvalue weighted by Crippen LogP contribution is -3.00. The highest BCUT2D eigenvalue weighted by atomic mass is 32.2. The maximum Gasteiger partial charge on any atom is 0.109 e. The zero-order valence-electron chi connectivity index (χ0n) is 6.32. The normalized spacial score (nSPS) is 10.6. The SMILES string of the molecule is CC[S+](=O)(CC)CC.[F-]. The molecule has 0 aliphatic carbocycles. The van der Waals surface area contributed by atoms with Gasteiger partial charge in [-0.15, -0.1) is 4.21 Å². The third kappa shape index (κ3) is 3.62. The molecule has 0 aliphatic heterocycles. The first-order valence-electron chi connectivity index (χ1n) is 3.15. The van der Waals surface area contributed by atoms with Gasteiger partial charge in [0.05, 0.1) is 9.93 Å². The van der Waals surface area contributed by atoms with E-state index >= 15 is 0 Å². The highest BCUT2D eigenvalue weighted by Crippen LogP contribution is 2.02. The van der Waals surface area contributed by atoms with Crippen LogP contribution in [0.3, 0.4) is 0 Å². The van der Waals surface area contributed by atoms with Crippen LogP contribution in [0.2, 0.25) is 0 Å². The largest absolute Gasteiger partial charge is 1.00 e. The second kappa shape index (κ2) is 4.91. The highest BCUT2D eigenvalue weighted by molar-refractivity contribution is 8.02. The van der Waals surface area contributed by atoms with Gasteiger partial charge >= 0.3 is 0 Å². The van der Waals surface area contributed by atoms with Crippen molar-refractivity contribution in [3.63, 3.8) is 0 Å². The summed E-state index contributed by atoms with van der Waals surface area (Å²) in [7, 11) is -1.40. The van der Waals surface area contributed by atoms with Crippen LogP contribution in [0.25, 0.3) is 0 Å². The monoisotopic (exact) mass is 154 g/mol. The summed E-state index contributed by atoms with van der Waals surface area (Å²) in [4.78, 5) is 0. The number of hydrogen-bond acceptors (Lipinski definition) is 1. The van der Waals surface area contributed by atoms with Crippen molar-refractivity contribution in [2.75, 3.05) is 17.3 Å². The fraction of sp³-hybridized carbons (Fsp3) is 1.00. The van der Waals surface area contributed by atoms with Crippen molar-refractivity contribution in [2.45, 2.75) is 20.8 Å². The molecule has 0 rings (SSSR count). The molecule has 0 spiro atoms. The molecule has 58 valence electrons. The van der Waals surface area contributed by atoms with Gasteiger partial charge in [-0.1, -0.05) is 0 Å². The molecule has 0 aromatic rings. The Hall–Kier alpha value is 0.0800. The molecule has 0 fully saturated rings. The number of halogens is 1. The van der Waals surface area contributed by atoms with Crippen molar-refractivity contribution >= 4 is 9.93 Å². The van der Waals surface area contributed by atoms with Crippen molar-refractivity contribution in [2.24, 2.45) is 0 Å². The van der Waals surface area contributed by atoms with Gasteiger partial charge in [0.25, 0.3) is 0 Å². The third-order valence-corrected chi connectivity index (χ3v) is 4.73. The summed E-state index contributed by atoms with van der Waals surface area (Å²) < 4.78 is 11.3. The van der Waals surface area contributed by atoms with E-state index in [1.54, 1.807) is 0 Å². The Bertz CT molecular complexity index is 84.2. The van der Waals surface area contributed by atoms with Gasteiger partial charge in [0.2, 0.25) is 0 Å². The molecule has 9 heavy (non-hydrogen) atoms. The summed E-state index contributed by atoms with van der Waals surface area (Å²) in [6, 6.07) is 0. The molecule has 3 heteroatoms. The van der Waals surface area contributed by atoms with Gasteiger partial charge in [0, 0.05) is 0 Å². The van der Waals surface area contributed by atoms with Crippen LogP contribution in [0.1, 0.15) is 20.8 Å². The zero-order valence-corrected chi connectivity index (χ0v) is 7.13. The van der Waals surface area contributed by atoms with Crippen molar-refractivity contribution in [3.05, 3.63) is 0 Å². The van der Waals surface area contributed by atoms with Crippen LogP contribution >= 0.6 is 0 Å². The lowest BCUT2D eigenvalue weighted by Gasteiger charge is -2.02. The van der Waals surface area contributed by atoms with E-state index in [9.17, 15) is 4.21 Å². The lowest BCUT2D eigenvalue weighted by atomic mass is 10.9. The summed E-state index contributed by atoms with van der Waals surface area (Å²) in [6.07, 6.45) is 0. The van der Waals surface area contributed by atoms with Crippen LogP contribution in [-0.4, -0.2) is 17.3 Å². The molecule has 0 atom stereocenters. The molecule has 0 amide bonds. The van der Waals surface area contributed by atoms with E-state index in [1.165, 1.54) is 0 Å². The lowest BCUT2D eigenvalue weighted by molar-refractivity contribution is -0.00000323. The Morgan fingerprint density at radius 2 is 1.22 bits per heavy atom. The second-order valence-electron chi connectivity index (χ2n) is 1.83. The molecule has 0 radical (unpaired) electrons. The maximum atomic E-state index is 11.3. The highest BCUT2D eigenvalue weighted by Gasteiger charge is 2.17. The van der Waals surface area contributed by atoms with E-state index < -0.39 is 9.93 Å². The molecular weight excluding hydrogens is 139 g/mol. The van der Waals surface area contributed by atoms with Crippen LogP contribution in [0.4, 0.5) is 0 Å². The van der Waals surface area contributed by atoms with Crippen molar-refractivity contribution in [3.8, 4) is 0 Å². The van der Waals surface area contributed by atoms with Crippen molar-refractivity contribution < 1.29 is 8.91 Å². The van der Waals surface area contributed by atoms with Gasteiger partial charge in [-0.3, -0.25) is 0 Å². The molecule has 0 N–H and O–H groups in total. The van der Waals surface area contributed by atoms with Crippen LogP contribution < -0.4 is 4.70 Å². The Morgan fingerprint density at radius 3 is 1.22 bits per heavy atom. The van der Waals surface area contributed by atoms with E-state index in [2.05, 4.69) is 0 Å². The zero-order chi connectivity index (χ0) is 6.62. The van der Waals surface area contributed by atoms with E-state index in [1.807, 2.05) is 20.8 Å². The first-order valence-corrected chi connectivity index (χ1v) is 5.22. The van der Waals surface area contributed by atoms with Crippen molar-refractivity contribution in [1.29, 1.82) is 0 Å². The van der Waals surface area contributed by atoms with Crippen LogP contribution in [0.15, 0.2) is 0 Å². The molecule has 0 unspecified atom stereocenters. The number of hydrogen-bond donors (Lipinski definition) is 0. The van der Waals surface area contributed by atoms with E-state index in [0.29, 0.717) is 0 Å². The minimum Gasteiger partial charge on any atom is -1.00 e. The van der Waals surface area contributed by atoms with Crippen molar-refractivity contribution in [1.82, 2.24) is 0 Å². The summed E-state index contributed by atoms with van der Waals surface area (Å²) >= 11 is 0. The van der Waals surface area contributed by atoms with Gasteiger partial charge in [-0.25, -0.2) is 0 Å². The van der Waals surface area contributed by atoms with Gasteiger partial charge < -0.3 is 4.70 Å². The molecule has 0 aromatic heterocycles. The van der Waals surface area contributed by atoms with Gasteiger partial charge in [-0.2, -0.15) is 0 Å². The minimum absolute atomic E-state index is 0. The second-order valence-corrected chi connectivity index (χ2v) is 5.50. The molecule has 0 aromatic carbocycles. The molecule has 0 saturated carbocycles. The fourth-order valence-corrected chi connectivity index (χ4v) is 1.84. The summed E-state index contributed by atoms with van der Waals surface area (Å²) in [5.41, 5.74) is 0. The summed E-state index contributed by atoms with van der Waals surface area (Å²) in [5, 5.41) is 0. The van der Waals surface area contributed by atoms with Crippen LogP contribution in [0.5, 0.6) is 0 Å². The van der Waals surface area contributed by atoms with E-state index in [4.69, 9.17) is 0 Å². The van der Waals surface area contributed by atoms with Crippen LogP contribution in [0, 0.1) is 0 Å². The first-order chi connectivity index (χ1) is 3.68. The van der Waals surface area contributed by atoms with E-state index in [0.717, 1.165) is 17.3 Å². The number of rotatable bonds is 3. The summed E-state index contributed by atoms with van der Waals surface area (Å²) in [5.74, 6) is 2.54. The topological polar surface area (TPSA) is 17.1 Å². The Labute approximate surface area is 57.6 Å². The average molecular weight is 154 g/mol. The predicted molar refractivity (Wildman–Crippen MR) is 39.7 cm³/mol. The molecule has 0 bridgehead atoms. The Balaban J connectivity index is 0. The third-order valence-electron chi connectivity index (χ3n) is 1.58. The summed E-state index contributed by atoms with van der Waals surface area (Å²) in [6.45, 7) is 5.99. The quantitative estimate of drug-likeness (QED) is 0.455. The molecule has 0 aliphatic rings. The molecular formula is C6H15FOS. The first kappa shape index (κ1) is 11.8. The Morgan fingerprint density at radius 1 is 1.00 bits per heavy atom. The van der Waals surface area contributed by atoms with Gasteiger partial charge in [0.1, 0.15) is 17.3 Å². The maximum absolute atomic E-state index is 11.3. The Kier molecular flexibility index (Phi) is 6.46. The smallest absolute Gasteiger partial charge is 0.109 e.